The van der Waals surface area contributed by atoms with Crippen molar-refractivity contribution < 1.29 is 13.9 Å². The molecular weight excluding hydrogens is 235 g/mol. The zero-order valence-electron chi connectivity index (χ0n) is 9.13. The first kappa shape index (κ1) is 11.7. The van der Waals surface area contributed by atoms with Crippen molar-refractivity contribution in [3.8, 4) is 17.6 Å². The summed E-state index contributed by atoms with van der Waals surface area (Å²) in [7, 11) is 0. The quantitative estimate of drug-likeness (QED) is 0.776. The number of pyridine rings is 1. The molecule has 0 fully saturated rings. The van der Waals surface area contributed by atoms with E-state index in [0.717, 1.165) is 6.07 Å². The van der Waals surface area contributed by atoms with Crippen LogP contribution in [0.15, 0.2) is 36.7 Å². The Morgan fingerprint density at radius 2 is 2.11 bits per heavy atom. The molecule has 4 nitrogen and oxygen atoms in total. The Labute approximate surface area is 102 Å². The molecule has 0 aliphatic heterocycles. The normalized spacial score (nSPS) is 9.56. The van der Waals surface area contributed by atoms with E-state index in [1.54, 1.807) is 6.07 Å². The van der Waals surface area contributed by atoms with Gasteiger partial charge in [0.1, 0.15) is 23.4 Å². The molecule has 0 aliphatic rings. The van der Waals surface area contributed by atoms with Crippen LogP contribution in [0.25, 0.3) is 0 Å². The molecule has 0 aliphatic carbocycles. The second-order valence-electron chi connectivity index (χ2n) is 3.43. The minimum absolute atomic E-state index is 0.0536. The molecule has 0 atom stereocenters. The SMILES string of the molecule is N#Cc1ccc(Oc2cncc(C=O)c2)cc1F. The van der Waals surface area contributed by atoms with Gasteiger partial charge in [-0.3, -0.25) is 9.78 Å². The average Bonchev–Trinajstić information content (AvgIpc) is 2.39. The van der Waals surface area contributed by atoms with E-state index in [4.69, 9.17) is 10.00 Å². The lowest BCUT2D eigenvalue weighted by molar-refractivity contribution is 0.112. The topological polar surface area (TPSA) is 63.0 Å². The van der Waals surface area contributed by atoms with E-state index < -0.39 is 5.82 Å². The molecule has 5 heteroatoms. The molecular formula is C13H7FN2O2. The van der Waals surface area contributed by atoms with Crippen LogP contribution in [0.3, 0.4) is 0 Å². The van der Waals surface area contributed by atoms with E-state index in [1.165, 1.54) is 30.6 Å². The highest BCUT2D eigenvalue weighted by atomic mass is 19.1. The number of aromatic nitrogens is 1. The highest BCUT2D eigenvalue weighted by molar-refractivity contribution is 5.74. The summed E-state index contributed by atoms with van der Waals surface area (Å²) in [5, 5.41) is 8.59. The van der Waals surface area contributed by atoms with E-state index in [9.17, 15) is 9.18 Å². The number of benzene rings is 1. The van der Waals surface area contributed by atoms with Crippen LogP contribution in [0.1, 0.15) is 15.9 Å². The first-order valence-electron chi connectivity index (χ1n) is 5.00. The number of carbonyl (C=O) groups is 1. The van der Waals surface area contributed by atoms with Gasteiger partial charge < -0.3 is 4.74 Å². The molecule has 0 saturated carbocycles. The first-order valence-corrected chi connectivity index (χ1v) is 5.00. The molecule has 0 spiro atoms. The third-order valence-corrected chi connectivity index (χ3v) is 2.17. The molecule has 0 amide bonds. The van der Waals surface area contributed by atoms with Gasteiger partial charge in [0.15, 0.2) is 6.29 Å². The van der Waals surface area contributed by atoms with Crippen molar-refractivity contribution in [1.29, 1.82) is 5.26 Å². The maximum absolute atomic E-state index is 13.3. The van der Waals surface area contributed by atoms with E-state index in [-0.39, 0.29) is 11.3 Å². The van der Waals surface area contributed by atoms with Gasteiger partial charge >= 0.3 is 0 Å². The summed E-state index contributed by atoms with van der Waals surface area (Å²) < 4.78 is 18.7. The van der Waals surface area contributed by atoms with Gasteiger partial charge in [0.25, 0.3) is 0 Å². The minimum atomic E-state index is -0.658. The maximum Gasteiger partial charge on any atom is 0.151 e. The van der Waals surface area contributed by atoms with Crippen molar-refractivity contribution in [3.05, 3.63) is 53.6 Å². The van der Waals surface area contributed by atoms with Crippen molar-refractivity contribution in [1.82, 2.24) is 4.98 Å². The number of aldehydes is 1. The summed E-state index contributed by atoms with van der Waals surface area (Å²) in [6.07, 6.45) is 3.43. The second kappa shape index (κ2) is 5.06. The summed E-state index contributed by atoms with van der Waals surface area (Å²) in [5.41, 5.74) is 0.309. The summed E-state index contributed by atoms with van der Waals surface area (Å²) in [5.74, 6) is -0.102. The Balaban J connectivity index is 2.26. The fourth-order valence-corrected chi connectivity index (χ4v) is 1.34. The lowest BCUT2D eigenvalue weighted by Gasteiger charge is -2.05. The predicted octanol–water partition coefficient (Wildman–Crippen LogP) is 2.70. The molecule has 2 aromatic rings. The first-order chi connectivity index (χ1) is 8.72. The predicted molar refractivity (Wildman–Crippen MR) is 60.8 cm³/mol. The Morgan fingerprint density at radius 1 is 1.28 bits per heavy atom. The van der Waals surface area contributed by atoms with Crippen LogP contribution in [-0.2, 0) is 0 Å². The van der Waals surface area contributed by atoms with Crippen molar-refractivity contribution in [3.63, 3.8) is 0 Å². The lowest BCUT2D eigenvalue weighted by Crippen LogP contribution is -1.90. The molecule has 1 heterocycles. The molecule has 0 N–H and O–H groups in total. The van der Waals surface area contributed by atoms with Gasteiger partial charge in [-0.1, -0.05) is 0 Å². The summed E-state index contributed by atoms with van der Waals surface area (Å²) >= 11 is 0. The van der Waals surface area contributed by atoms with Crippen molar-refractivity contribution in [2.24, 2.45) is 0 Å². The van der Waals surface area contributed by atoms with Gasteiger partial charge in [0.2, 0.25) is 0 Å². The van der Waals surface area contributed by atoms with E-state index in [2.05, 4.69) is 4.98 Å². The van der Waals surface area contributed by atoms with Crippen LogP contribution in [0.2, 0.25) is 0 Å². The van der Waals surface area contributed by atoms with Gasteiger partial charge in [-0.2, -0.15) is 5.26 Å². The number of ether oxygens (including phenoxy) is 1. The minimum Gasteiger partial charge on any atom is -0.456 e. The molecule has 88 valence electrons. The van der Waals surface area contributed by atoms with Gasteiger partial charge in [0.05, 0.1) is 11.8 Å². The zero-order valence-corrected chi connectivity index (χ0v) is 9.13. The van der Waals surface area contributed by atoms with Crippen LogP contribution >= 0.6 is 0 Å². The number of hydrogen-bond donors (Lipinski definition) is 0. The van der Waals surface area contributed by atoms with Crippen LogP contribution in [0.5, 0.6) is 11.5 Å². The average molecular weight is 242 g/mol. The van der Waals surface area contributed by atoms with E-state index in [1.807, 2.05) is 0 Å². The zero-order chi connectivity index (χ0) is 13.0. The third-order valence-electron chi connectivity index (χ3n) is 2.17. The van der Waals surface area contributed by atoms with E-state index in [0.29, 0.717) is 17.6 Å². The van der Waals surface area contributed by atoms with Crippen molar-refractivity contribution in [2.75, 3.05) is 0 Å². The molecule has 2 rings (SSSR count). The molecule has 0 radical (unpaired) electrons. The highest BCUT2D eigenvalue weighted by Crippen LogP contribution is 2.23. The van der Waals surface area contributed by atoms with Crippen molar-refractivity contribution in [2.45, 2.75) is 0 Å². The number of nitrogens with zero attached hydrogens (tertiary/aromatic N) is 2. The highest BCUT2D eigenvalue weighted by Gasteiger charge is 2.05. The van der Waals surface area contributed by atoms with Crippen molar-refractivity contribution >= 4 is 6.29 Å². The fourth-order valence-electron chi connectivity index (χ4n) is 1.34. The Bertz CT molecular complexity index is 635. The third kappa shape index (κ3) is 2.50. The molecule has 0 bridgehead atoms. The smallest absolute Gasteiger partial charge is 0.151 e. The van der Waals surface area contributed by atoms with Crippen LogP contribution in [0.4, 0.5) is 4.39 Å². The molecule has 0 unspecified atom stereocenters. The monoisotopic (exact) mass is 242 g/mol. The molecule has 18 heavy (non-hydrogen) atoms. The van der Waals surface area contributed by atoms with Gasteiger partial charge in [-0.05, 0) is 18.2 Å². The largest absolute Gasteiger partial charge is 0.456 e. The van der Waals surface area contributed by atoms with Gasteiger partial charge in [0, 0.05) is 17.8 Å². The number of rotatable bonds is 3. The fraction of sp³-hybridized carbons (Fsp3) is 0. The number of halogens is 1. The number of carbonyl (C=O) groups excluding carboxylic acids is 1. The summed E-state index contributed by atoms with van der Waals surface area (Å²) in [6.45, 7) is 0. The number of nitriles is 1. The van der Waals surface area contributed by atoms with Gasteiger partial charge in [-0.15, -0.1) is 0 Å². The Morgan fingerprint density at radius 3 is 2.78 bits per heavy atom. The Hall–Kier alpha value is -2.74. The molecule has 1 aromatic carbocycles. The Kier molecular flexibility index (Phi) is 3.30. The van der Waals surface area contributed by atoms with E-state index >= 15 is 0 Å². The lowest BCUT2D eigenvalue weighted by atomic mass is 10.2. The summed E-state index contributed by atoms with van der Waals surface area (Å²) in [4.78, 5) is 14.4. The maximum atomic E-state index is 13.3. The second-order valence-corrected chi connectivity index (χ2v) is 3.43. The number of hydrogen-bond acceptors (Lipinski definition) is 4. The van der Waals surface area contributed by atoms with Crippen LogP contribution in [0, 0.1) is 17.1 Å². The molecule has 0 saturated heterocycles. The van der Waals surface area contributed by atoms with Gasteiger partial charge in [-0.25, -0.2) is 4.39 Å². The van der Waals surface area contributed by atoms with Crippen LogP contribution < -0.4 is 4.74 Å². The standard InChI is InChI=1S/C13H7FN2O2/c14-13-4-11(2-1-10(13)5-15)18-12-3-9(8-17)6-16-7-12/h1-4,6-8H. The van der Waals surface area contributed by atoms with Crippen LogP contribution in [-0.4, -0.2) is 11.3 Å². The molecule has 1 aromatic heterocycles. The summed E-state index contributed by atoms with van der Waals surface area (Å²) in [6, 6.07) is 7.09.